The summed E-state index contributed by atoms with van der Waals surface area (Å²) in [6, 6.07) is 0. The number of rotatable bonds is 0. The van der Waals surface area contributed by atoms with E-state index in [2.05, 4.69) is 20.4 Å². The molecule has 18 heavy (non-hydrogen) atoms. The molecule has 0 amide bonds. The third-order valence-corrected chi connectivity index (χ3v) is 5.85. The average molecular weight is 248 g/mol. The highest BCUT2D eigenvalue weighted by Gasteiger charge is 2.64. The smallest absolute Gasteiger partial charge is 0.171 e. The molecule has 3 saturated carbocycles. The van der Waals surface area contributed by atoms with Crippen LogP contribution in [0.3, 0.4) is 0 Å². The number of hydrogen-bond donors (Lipinski definition) is 0. The van der Waals surface area contributed by atoms with Gasteiger partial charge >= 0.3 is 0 Å². The first-order valence-corrected chi connectivity index (χ1v) is 7.46. The average Bonchev–Trinajstić information content (AvgIpc) is 2.92. The summed E-state index contributed by atoms with van der Waals surface area (Å²) in [7, 11) is 0. The van der Waals surface area contributed by atoms with Crippen LogP contribution in [0.2, 0.25) is 0 Å². The topological polar surface area (TPSA) is 18.5 Å². The fraction of sp³-hybridized carbons (Fsp3) is 0.875. The van der Waals surface area contributed by atoms with Crippen LogP contribution in [0.5, 0.6) is 0 Å². The Balaban J connectivity index is 1.63. The molecule has 1 aliphatic heterocycles. The zero-order chi connectivity index (χ0) is 12.5. The van der Waals surface area contributed by atoms with Crippen LogP contribution in [0.25, 0.3) is 0 Å². The third kappa shape index (κ3) is 1.36. The lowest BCUT2D eigenvalue weighted by molar-refractivity contribution is -0.315. The minimum Gasteiger partial charge on any atom is -0.349 e. The van der Waals surface area contributed by atoms with Crippen molar-refractivity contribution in [3.05, 3.63) is 12.2 Å². The molecule has 0 aromatic carbocycles. The van der Waals surface area contributed by atoms with Crippen molar-refractivity contribution in [3.63, 3.8) is 0 Å². The molecule has 1 heterocycles. The molecule has 2 nitrogen and oxygen atoms in total. The largest absolute Gasteiger partial charge is 0.349 e. The Bertz CT molecular complexity index is 388. The Morgan fingerprint density at radius 3 is 2.61 bits per heavy atom. The molecule has 1 spiro atoms. The first-order chi connectivity index (χ1) is 8.51. The van der Waals surface area contributed by atoms with Gasteiger partial charge in [0.2, 0.25) is 0 Å². The predicted molar refractivity (Wildman–Crippen MR) is 70.0 cm³/mol. The zero-order valence-electron chi connectivity index (χ0n) is 11.6. The van der Waals surface area contributed by atoms with E-state index >= 15 is 0 Å². The van der Waals surface area contributed by atoms with E-state index in [1.165, 1.54) is 18.4 Å². The van der Waals surface area contributed by atoms with Gasteiger partial charge in [0.25, 0.3) is 0 Å². The van der Waals surface area contributed by atoms with Gasteiger partial charge in [0.05, 0.1) is 13.2 Å². The Morgan fingerprint density at radius 2 is 1.89 bits per heavy atom. The van der Waals surface area contributed by atoms with Crippen molar-refractivity contribution in [1.82, 2.24) is 0 Å². The van der Waals surface area contributed by atoms with Crippen LogP contribution in [-0.4, -0.2) is 19.0 Å². The molecule has 1 saturated heterocycles. The molecule has 2 heteroatoms. The van der Waals surface area contributed by atoms with Gasteiger partial charge in [-0.3, -0.25) is 0 Å². The summed E-state index contributed by atoms with van der Waals surface area (Å²) < 4.78 is 12.6. The SMILES string of the molecule is C=C1C[C@@H]2[C@H]3[C@H](CC[C@@H]13)CC21OCC(C)(C)CO1. The standard InChI is InChI=1S/C16H24O2/c1-10-6-13-14-11(4-5-12(10)14)7-16(13)17-8-15(2,3)9-18-16/h11-14H,1,4-9H2,2-3H3/t11-,12+,13-,14+/m1/s1. The number of hydrogen-bond acceptors (Lipinski definition) is 2. The maximum atomic E-state index is 6.29. The lowest BCUT2D eigenvalue weighted by atomic mass is 9.89. The predicted octanol–water partition coefficient (Wildman–Crippen LogP) is 3.38. The van der Waals surface area contributed by atoms with Gasteiger partial charge in [-0.2, -0.15) is 0 Å². The Kier molecular flexibility index (Phi) is 2.17. The van der Waals surface area contributed by atoms with Crippen LogP contribution < -0.4 is 0 Å². The van der Waals surface area contributed by atoms with Gasteiger partial charge in [-0.1, -0.05) is 26.0 Å². The van der Waals surface area contributed by atoms with Crippen molar-refractivity contribution in [2.75, 3.05) is 13.2 Å². The summed E-state index contributed by atoms with van der Waals surface area (Å²) in [4.78, 5) is 0. The molecule has 3 aliphatic carbocycles. The number of fused-ring (bicyclic) bond motifs is 1. The summed E-state index contributed by atoms with van der Waals surface area (Å²) in [6.07, 6.45) is 5.02. The molecule has 0 radical (unpaired) electrons. The number of allylic oxidation sites excluding steroid dienone is 1. The maximum Gasteiger partial charge on any atom is 0.171 e. The molecule has 0 aromatic heterocycles. The maximum absolute atomic E-state index is 6.29. The molecule has 100 valence electrons. The van der Waals surface area contributed by atoms with Crippen LogP contribution in [0.4, 0.5) is 0 Å². The lowest BCUT2D eigenvalue weighted by Crippen LogP contribution is -2.50. The van der Waals surface area contributed by atoms with Crippen LogP contribution in [0.1, 0.15) is 39.5 Å². The lowest BCUT2D eigenvalue weighted by Gasteiger charge is -2.44. The quantitative estimate of drug-likeness (QED) is 0.612. The van der Waals surface area contributed by atoms with Crippen molar-refractivity contribution in [3.8, 4) is 0 Å². The minimum absolute atomic E-state index is 0.179. The highest BCUT2D eigenvalue weighted by Crippen LogP contribution is 2.65. The first kappa shape index (κ1) is 11.5. The van der Waals surface area contributed by atoms with Crippen molar-refractivity contribution >= 4 is 0 Å². The minimum atomic E-state index is -0.247. The second kappa shape index (κ2) is 3.40. The van der Waals surface area contributed by atoms with E-state index in [1.807, 2.05) is 0 Å². The molecule has 0 aromatic rings. The van der Waals surface area contributed by atoms with Crippen LogP contribution in [0, 0.1) is 29.1 Å². The molecular formula is C16H24O2. The molecule has 4 rings (SSSR count). The van der Waals surface area contributed by atoms with Crippen LogP contribution in [-0.2, 0) is 9.47 Å². The summed E-state index contributed by atoms with van der Waals surface area (Å²) in [5.41, 5.74) is 1.65. The van der Waals surface area contributed by atoms with Crippen molar-refractivity contribution in [2.24, 2.45) is 29.1 Å². The van der Waals surface area contributed by atoms with E-state index in [9.17, 15) is 0 Å². The molecule has 0 unspecified atom stereocenters. The first-order valence-electron chi connectivity index (χ1n) is 7.46. The van der Waals surface area contributed by atoms with Gasteiger partial charge in [-0.25, -0.2) is 0 Å². The summed E-state index contributed by atoms with van der Waals surface area (Å²) >= 11 is 0. The Hall–Kier alpha value is -0.340. The fourth-order valence-corrected chi connectivity index (χ4v) is 5.02. The summed E-state index contributed by atoms with van der Waals surface area (Å²) in [5.74, 6) is 2.78. The van der Waals surface area contributed by atoms with E-state index in [0.29, 0.717) is 5.92 Å². The molecule has 0 bridgehead atoms. The van der Waals surface area contributed by atoms with Crippen molar-refractivity contribution in [2.45, 2.75) is 45.3 Å². The van der Waals surface area contributed by atoms with E-state index in [1.54, 1.807) is 0 Å². The molecule has 4 atom stereocenters. The van der Waals surface area contributed by atoms with Crippen LogP contribution in [0.15, 0.2) is 12.2 Å². The Morgan fingerprint density at radius 1 is 1.17 bits per heavy atom. The highest BCUT2D eigenvalue weighted by molar-refractivity contribution is 5.22. The second-order valence-electron chi connectivity index (χ2n) is 7.75. The monoisotopic (exact) mass is 248 g/mol. The van der Waals surface area contributed by atoms with Gasteiger partial charge < -0.3 is 9.47 Å². The van der Waals surface area contributed by atoms with Gasteiger partial charge in [0, 0.05) is 17.8 Å². The van der Waals surface area contributed by atoms with Crippen molar-refractivity contribution < 1.29 is 9.47 Å². The van der Waals surface area contributed by atoms with Gasteiger partial charge in [-0.05, 0) is 37.0 Å². The molecular weight excluding hydrogens is 224 g/mol. The van der Waals surface area contributed by atoms with Crippen molar-refractivity contribution in [1.29, 1.82) is 0 Å². The summed E-state index contributed by atoms with van der Waals surface area (Å²) in [6.45, 7) is 10.5. The normalized spacial score (nSPS) is 47.8. The molecule has 4 fully saturated rings. The summed E-state index contributed by atoms with van der Waals surface area (Å²) in [5, 5.41) is 0. The second-order valence-corrected chi connectivity index (χ2v) is 7.75. The van der Waals surface area contributed by atoms with Gasteiger partial charge in [0.1, 0.15) is 0 Å². The van der Waals surface area contributed by atoms with E-state index in [-0.39, 0.29) is 11.2 Å². The zero-order valence-corrected chi connectivity index (χ0v) is 11.6. The molecule has 0 N–H and O–H groups in total. The highest BCUT2D eigenvalue weighted by atomic mass is 16.7. The van der Waals surface area contributed by atoms with E-state index < -0.39 is 0 Å². The Labute approximate surface area is 110 Å². The van der Waals surface area contributed by atoms with Gasteiger partial charge in [0.15, 0.2) is 5.79 Å². The van der Waals surface area contributed by atoms with Gasteiger partial charge in [-0.15, -0.1) is 0 Å². The number of ether oxygens (including phenoxy) is 2. The van der Waals surface area contributed by atoms with Crippen LogP contribution >= 0.6 is 0 Å². The fourth-order valence-electron chi connectivity index (χ4n) is 5.02. The van der Waals surface area contributed by atoms with E-state index in [0.717, 1.165) is 43.8 Å². The molecule has 4 aliphatic rings. The van der Waals surface area contributed by atoms with E-state index in [4.69, 9.17) is 9.47 Å². The third-order valence-electron chi connectivity index (χ3n) is 5.85.